The van der Waals surface area contributed by atoms with E-state index in [2.05, 4.69) is 24.9 Å². The molecular weight excluding hydrogens is 148 g/mol. The van der Waals surface area contributed by atoms with Crippen LogP contribution in [0, 0.1) is 11.3 Å². The number of nitriles is 1. The van der Waals surface area contributed by atoms with Gasteiger partial charge in [-0.3, -0.25) is 4.98 Å². The van der Waals surface area contributed by atoms with Crippen LogP contribution in [0.2, 0.25) is 0 Å². The molecule has 0 unspecified atom stereocenters. The van der Waals surface area contributed by atoms with Gasteiger partial charge in [-0.1, -0.05) is 21.3 Å². The molecule has 1 heterocycles. The Bertz CT molecular complexity index is 284. The molecule has 0 radical (unpaired) electrons. The van der Waals surface area contributed by atoms with Crippen molar-refractivity contribution in [2.75, 3.05) is 0 Å². The monoisotopic (exact) mass is 162 g/mol. The van der Waals surface area contributed by atoms with Crippen LogP contribution in [0.3, 0.4) is 0 Å². The van der Waals surface area contributed by atoms with Crippen molar-refractivity contribution in [1.29, 1.82) is 5.26 Å². The van der Waals surface area contributed by atoms with Crippen molar-refractivity contribution in [3.8, 4) is 6.07 Å². The molecule has 0 aliphatic heterocycles. The zero-order chi connectivity index (χ0) is 8.27. The van der Waals surface area contributed by atoms with Crippen molar-refractivity contribution < 1.29 is 0 Å². The summed E-state index contributed by atoms with van der Waals surface area (Å²) in [4.78, 5) is 4.14. The molecule has 2 heteroatoms. The molecule has 1 rings (SSSR count). The lowest BCUT2D eigenvalue weighted by Crippen LogP contribution is -1.91. The summed E-state index contributed by atoms with van der Waals surface area (Å²) < 4.78 is 0. The van der Waals surface area contributed by atoms with Gasteiger partial charge in [0.2, 0.25) is 0 Å². The van der Waals surface area contributed by atoms with Gasteiger partial charge < -0.3 is 0 Å². The fourth-order valence-electron chi connectivity index (χ4n) is 0.834. The summed E-state index contributed by atoms with van der Waals surface area (Å²) in [5.74, 6) is 0.392. The van der Waals surface area contributed by atoms with Gasteiger partial charge in [0.05, 0.1) is 11.6 Å². The van der Waals surface area contributed by atoms with E-state index in [9.17, 15) is 0 Å². The summed E-state index contributed by atoms with van der Waals surface area (Å²) in [5.41, 5.74) is 1.66. The van der Waals surface area contributed by atoms with Crippen molar-refractivity contribution in [2.45, 2.75) is 27.2 Å². The Balaban J connectivity index is 0.00000121. The first-order valence-corrected chi connectivity index (χ1v) is 3.60. The maximum absolute atomic E-state index is 8.57. The SMILES string of the molecule is C.CC(C)c1cc(C#N)ccn1. The van der Waals surface area contributed by atoms with Gasteiger partial charge in [0.1, 0.15) is 0 Å². The van der Waals surface area contributed by atoms with Crippen LogP contribution in [0.1, 0.15) is 38.4 Å². The van der Waals surface area contributed by atoms with Gasteiger partial charge in [-0.2, -0.15) is 5.26 Å². The Kier molecular flexibility index (Phi) is 3.99. The highest BCUT2D eigenvalue weighted by Crippen LogP contribution is 2.11. The topological polar surface area (TPSA) is 36.7 Å². The van der Waals surface area contributed by atoms with Crippen LogP contribution in [0.15, 0.2) is 18.3 Å². The van der Waals surface area contributed by atoms with Crippen LogP contribution in [0.5, 0.6) is 0 Å². The van der Waals surface area contributed by atoms with E-state index in [1.54, 1.807) is 12.3 Å². The molecule has 0 aromatic carbocycles. The minimum atomic E-state index is 0. The van der Waals surface area contributed by atoms with Gasteiger partial charge in [-0.15, -0.1) is 0 Å². The van der Waals surface area contributed by atoms with Crippen molar-refractivity contribution in [2.24, 2.45) is 0 Å². The molecule has 2 nitrogen and oxygen atoms in total. The third-order valence-corrected chi connectivity index (χ3v) is 1.50. The molecular formula is C10H14N2. The molecule has 0 N–H and O–H groups in total. The number of hydrogen-bond acceptors (Lipinski definition) is 2. The summed E-state index contributed by atoms with van der Waals surface area (Å²) in [6, 6.07) is 5.62. The van der Waals surface area contributed by atoms with E-state index in [1.807, 2.05) is 6.07 Å². The molecule has 0 atom stereocenters. The van der Waals surface area contributed by atoms with E-state index in [0.29, 0.717) is 11.5 Å². The maximum Gasteiger partial charge on any atom is 0.0992 e. The first kappa shape index (κ1) is 10.6. The fourth-order valence-corrected chi connectivity index (χ4v) is 0.834. The van der Waals surface area contributed by atoms with Gasteiger partial charge in [0.15, 0.2) is 0 Å². The van der Waals surface area contributed by atoms with E-state index < -0.39 is 0 Å². The summed E-state index contributed by atoms with van der Waals surface area (Å²) in [7, 11) is 0. The van der Waals surface area contributed by atoms with E-state index in [4.69, 9.17) is 5.26 Å². The Morgan fingerprint density at radius 3 is 2.67 bits per heavy atom. The average molecular weight is 162 g/mol. The fraction of sp³-hybridized carbons (Fsp3) is 0.400. The highest BCUT2D eigenvalue weighted by Gasteiger charge is 1.99. The third-order valence-electron chi connectivity index (χ3n) is 1.50. The zero-order valence-electron chi connectivity index (χ0n) is 6.70. The van der Waals surface area contributed by atoms with Gasteiger partial charge >= 0.3 is 0 Å². The molecule has 0 aliphatic carbocycles. The second-order valence-electron chi connectivity index (χ2n) is 2.74. The number of pyridine rings is 1. The van der Waals surface area contributed by atoms with Crippen LogP contribution < -0.4 is 0 Å². The first-order valence-electron chi connectivity index (χ1n) is 3.60. The van der Waals surface area contributed by atoms with Crippen molar-refractivity contribution in [3.05, 3.63) is 29.6 Å². The first-order chi connectivity index (χ1) is 5.24. The van der Waals surface area contributed by atoms with Gasteiger partial charge in [-0.05, 0) is 18.1 Å². The average Bonchev–Trinajstić information content (AvgIpc) is 2.05. The van der Waals surface area contributed by atoms with Crippen LogP contribution >= 0.6 is 0 Å². The Labute approximate surface area is 73.9 Å². The Morgan fingerprint density at radius 1 is 1.50 bits per heavy atom. The summed E-state index contributed by atoms with van der Waals surface area (Å²) >= 11 is 0. The van der Waals surface area contributed by atoms with Crippen LogP contribution in [0.25, 0.3) is 0 Å². The molecule has 64 valence electrons. The van der Waals surface area contributed by atoms with Crippen LogP contribution in [-0.4, -0.2) is 4.98 Å². The number of rotatable bonds is 1. The largest absolute Gasteiger partial charge is 0.261 e. The molecule has 0 saturated carbocycles. The maximum atomic E-state index is 8.57. The molecule has 0 saturated heterocycles. The number of hydrogen-bond donors (Lipinski definition) is 0. The molecule has 0 fully saturated rings. The predicted octanol–water partition coefficient (Wildman–Crippen LogP) is 2.71. The summed E-state index contributed by atoms with van der Waals surface area (Å²) in [6.45, 7) is 4.12. The van der Waals surface area contributed by atoms with E-state index in [1.165, 1.54) is 0 Å². The molecule has 0 spiro atoms. The van der Waals surface area contributed by atoms with Crippen LogP contribution in [-0.2, 0) is 0 Å². The predicted molar refractivity (Wildman–Crippen MR) is 49.8 cm³/mol. The normalized spacial score (nSPS) is 8.83. The minimum Gasteiger partial charge on any atom is -0.261 e. The molecule has 0 bridgehead atoms. The van der Waals surface area contributed by atoms with Crippen molar-refractivity contribution in [1.82, 2.24) is 4.98 Å². The molecule has 1 aromatic heterocycles. The van der Waals surface area contributed by atoms with Gasteiger partial charge in [0.25, 0.3) is 0 Å². The van der Waals surface area contributed by atoms with E-state index in [0.717, 1.165) is 5.69 Å². The molecule has 1 aromatic rings. The Morgan fingerprint density at radius 2 is 2.17 bits per heavy atom. The lowest BCUT2D eigenvalue weighted by molar-refractivity contribution is 0.822. The van der Waals surface area contributed by atoms with Crippen molar-refractivity contribution >= 4 is 0 Å². The van der Waals surface area contributed by atoms with Gasteiger partial charge in [-0.25, -0.2) is 0 Å². The van der Waals surface area contributed by atoms with Crippen molar-refractivity contribution in [3.63, 3.8) is 0 Å². The van der Waals surface area contributed by atoms with Crippen LogP contribution in [0.4, 0.5) is 0 Å². The highest BCUT2D eigenvalue weighted by molar-refractivity contribution is 5.29. The summed E-state index contributed by atoms with van der Waals surface area (Å²) in [5, 5.41) is 8.57. The van der Waals surface area contributed by atoms with E-state index in [-0.39, 0.29) is 7.43 Å². The smallest absolute Gasteiger partial charge is 0.0992 e. The lowest BCUT2D eigenvalue weighted by atomic mass is 10.1. The van der Waals surface area contributed by atoms with Gasteiger partial charge in [0, 0.05) is 11.9 Å². The summed E-state index contributed by atoms with van der Waals surface area (Å²) in [6.07, 6.45) is 1.67. The zero-order valence-corrected chi connectivity index (χ0v) is 6.70. The third kappa shape index (κ3) is 2.35. The molecule has 12 heavy (non-hydrogen) atoms. The second kappa shape index (κ2) is 4.50. The lowest BCUT2D eigenvalue weighted by Gasteiger charge is -2.02. The molecule has 0 amide bonds. The highest BCUT2D eigenvalue weighted by atomic mass is 14.7. The van der Waals surface area contributed by atoms with E-state index >= 15 is 0 Å². The minimum absolute atomic E-state index is 0. The second-order valence-corrected chi connectivity index (χ2v) is 2.74. The number of aromatic nitrogens is 1. The quantitative estimate of drug-likeness (QED) is 0.636. The Hall–Kier alpha value is -1.36. The standard InChI is InChI=1S/C9H10N2.CH4/c1-7(2)9-5-8(6-10)3-4-11-9;/h3-5,7H,1-2H3;1H4. The number of nitrogens with zero attached hydrogens (tertiary/aromatic N) is 2. The molecule has 0 aliphatic rings.